The number of aliphatic hydroxyl groups excluding tert-OH is 1. The van der Waals surface area contributed by atoms with Crippen molar-refractivity contribution in [1.82, 2.24) is 0 Å². The molecule has 0 saturated heterocycles. The predicted molar refractivity (Wildman–Crippen MR) is 69.5 cm³/mol. The van der Waals surface area contributed by atoms with Crippen molar-refractivity contribution >= 4 is 0 Å². The highest BCUT2D eigenvalue weighted by molar-refractivity contribution is 5.36. The molecule has 1 atom stereocenters. The molecule has 0 bridgehead atoms. The molecule has 2 aromatic rings. The highest BCUT2D eigenvalue weighted by Crippen LogP contribution is 2.27. The van der Waals surface area contributed by atoms with Crippen LogP contribution in [0.3, 0.4) is 0 Å². The summed E-state index contributed by atoms with van der Waals surface area (Å²) >= 11 is 0. The molecule has 0 aliphatic carbocycles. The molecule has 0 aliphatic rings. The number of rotatable bonds is 4. The molecule has 2 aromatic carbocycles. The van der Waals surface area contributed by atoms with Crippen LogP contribution in [0.15, 0.2) is 42.5 Å². The van der Waals surface area contributed by atoms with Gasteiger partial charge in [0.15, 0.2) is 0 Å². The molecule has 0 unspecified atom stereocenters. The molecule has 0 aromatic heterocycles. The molecule has 0 heterocycles. The Labute approximate surface area is 110 Å². The van der Waals surface area contributed by atoms with E-state index in [1.807, 2.05) is 6.07 Å². The standard InChI is InChI=1S/C15H15FO3/c1-10(17)14-8-12(16)5-6-15(14)19-9-11-3-2-4-13(18)7-11/h2-8,10,17-18H,9H2,1H3/t10-/m0/s1. The van der Waals surface area contributed by atoms with Gasteiger partial charge in [-0.3, -0.25) is 0 Å². The first-order valence-electron chi connectivity index (χ1n) is 5.94. The van der Waals surface area contributed by atoms with E-state index in [1.54, 1.807) is 25.1 Å². The van der Waals surface area contributed by atoms with Crippen LogP contribution in [0.4, 0.5) is 4.39 Å². The number of hydrogen-bond donors (Lipinski definition) is 2. The summed E-state index contributed by atoms with van der Waals surface area (Å²) in [6, 6.07) is 10.7. The number of aliphatic hydroxyl groups is 1. The summed E-state index contributed by atoms with van der Waals surface area (Å²) < 4.78 is 18.7. The molecule has 0 saturated carbocycles. The third kappa shape index (κ3) is 3.45. The number of phenolic OH excluding ortho intramolecular Hbond substituents is 1. The van der Waals surface area contributed by atoms with E-state index in [-0.39, 0.29) is 12.4 Å². The van der Waals surface area contributed by atoms with Crippen molar-refractivity contribution < 1.29 is 19.3 Å². The lowest BCUT2D eigenvalue weighted by Gasteiger charge is -2.13. The third-order valence-electron chi connectivity index (χ3n) is 2.73. The van der Waals surface area contributed by atoms with Crippen molar-refractivity contribution in [3.05, 3.63) is 59.4 Å². The molecule has 0 spiro atoms. The van der Waals surface area contributed by atoms with Crippen LogP contribution in [0.2, 0.25) is 0 Å². The molecule has 3 nitrogen and oxygen atoms in total. The smallest absolute Gasteiger partial charge is 0.125 e. The van der Waals surface area contributed by atoms with E-state index in [9.17, 15) is 14.6 Å². The predicted octanol–water partition coefficient (Wildman–Crippen LogP) is 3.16. The highest BCUT2D eigenvalue weighted by atomic mass is 19.1. The van der Waals surface area contributed by atoms with Gasteiger partial charge in [0, 0.05) is 5.56 Å². The Morgan fingerprint density at radius 1 is 1.21 bits per heavy atom. The summed E-state index contributed by atoms with van der Waals surface area (Å²) in [4.78, 5) is 0. The van der Waals surface area contributed by atoms with Gasteiger partial charge in [-0.25, -0.2) is 4.39 Å². The Kier molecular flexibility index (Phi) is 4.02. The molecule has 0 amide bonds. The van der Waals surface area contributed by atoms with Gasteiger partial charge >= 0.3 is 0 Å². The fourth-order valence-electron chi connectivity index (χ4n) is 1.78. The van der Waals surface area contributed by atoms with Crippen LogP contribution in [0.5, 0.6) is 11.5 Å². The maximum Gasteiger partial charge on any atom is 0.125 e. The summed E-state index contributed by atoms with van der Waals surface area (Å²) in [5.74, 6) is 0.177. The SMILES string of the molecule is C[C@H](O)c1cc(F)ccc1OCc1cccc(O)c1. The number of halogens is 1. The molecule has 100 valence electrons. The number of aromatic hydroxyl groups is 1. The Morgan fingerprint density at radius 2 is 2.00 bits per heavy atom. The lowest BCUT2D eigenvalue weighted by molar-refractivity contribution is 0.189. The minimum absolute atomic E-state index is 0.163. The first-order valence-corrected chi connectivity index (χ1v) is 5.94. The fourth-order valence-corrected chi connectivity index (χ4v) is 1.78. The normalized spacial score (nSPS) is 12.2. The minimum atomic E-state index is -0.810. The second-order valence-corrected chi connectivity index (χ2v) is 4.32. The van der Waals surface area contributed by atoms with Crippen LogP contribution in [0.1, 0.15) is 24.2 Å². The molecule has 2 N–H and O–H groups in total. The molecule has 19 heavy (non-hydrogen) atoms. The average Bonchev–Trinajstić information content (AvgIpc) is 2.37. The fraction of sp³-hybridized carbons (Fsp3) is 0.200. The quantitative estimate of drug-likeness (QED) is 0.889. The second kappa shape index (κ2) is 5.71. The second-order valence-electron chi connectivity index (χ2n) is 4.32. The molecular formula is C15H15FO3. The van der Waals surface area contributed by atoms with Crippen LogP contribution in [-0.2, 0) is 6.61 Å². The van der Waals surface area contributed by atoms with E-state index in [2.05, 4.69) is 0 Å². The summed E-state index contributed by atoms with van der Waals surface area (Å²) in [6.07, 6.45) is -0.810. The van der Waals surface area contributed by atoms with E-state index in [0.717, 1.165) is 5.56 Å². The van der Waals surface area contributed by atoms with Crippen molar-refractivity contribution in [3.63, 3.8) is 0 Å². The largest absolute Gasteiger partial charge is 0.508 e. The number of ether oxygens (including phenoxy) is 1. The van der Waals surface area contributed by atoms with Gasteiger partial charge in [-0.1, -0.05) is 12.1 Å². The van der Waals surface area contributed by atoms with Gasteiger partial charge in [0.2, 0.25) is 0 Å². The van der Waals surface area contributed by atoms with Crippen molar-refractivity contribution in [2.24, 2.45) is 0 Å². The van der Waals surface area contributed by atoms with Gasteiger partial charge in [-0.05, 0) is 42.8 Å². The molecular weight excluding hydrogens is 247 g/mol. The van der Waals surface area contributed by atoms with Crippen molar-refractivity contribution in [2.75, 3.05) is 0 Å². The van der Waals surface area contributed by atoms with E-state index in [1.165, 1.54) is 18.2 Å². The van der Waals surface area contributed by atoms with Crippen molar-refractivity contribution in [1.29, 1.82) is 0 Å². The molecule has 4 heteroatoms. The number of hydrogen-bond acceptors (Lipinski definition) is 3. The van der Waals surface area contributed by atoms with E-state index >= 15 is 0 Å². The molecule has 0 radical (unpaired) electrons. The Hall–Kier alpha value is -2.07. The maximum atomic E-state index is 13.1. The topological polar surface area (TPSA) is 49.7 Å². The van der Waals surface area contributed by atoms with Gasteiger partial charge in [-0.15, -0.1) is 0 Å². The van der Waals surface area contributed by atoms with E-state index < -0.39 is 11.9 Å². The average molecular weight is 262 g/mol. The summed E-state index contributed by atoms with van der Waals surface area (Å²) in [6.45, 7) is 1.79. The van der Waals surface area contributed by atoms with Crippen LogP contribution in [-0.4, -0.2) is 10.2 Å². The summed E-state index contributed by atoms with van der Waals surface area (Å²) in [5, 5.41) is 18.9. The highest BCUT2D eigenvalue weighted by Gasteiger charge is 2.10. The summed E-state index contributed by atoms with van der Waals surface area (Å²) in [5.41, 5.74) is 1.20. The molecule has 0 fully saturated rings. The van der Waals surface area contributed by atoms with Gasteiger partial charge in [0.25, 0.3) is 0 Å². The van der Waals surface area contributed by atoms with Gasteiger partial charge in [0.05, 0.1) is 6.10 Å². The zero-order valence-electron chi connectivity index (χ0n) is 10.5. The molecule has 2 rings (SSSR count). The third-order valence-corrected chi connectivity index (χ3v) is 2.73. The van der Waals surface area contributed by atoms with Crippen molar-refractivity contribution in [2.45, 2.75) is 19.6 Å². The Bertz CT molecular complexity index is 567. The van der Waals surface area contributed by atoms with Gasteiger partial charge in [-0.2, -0.15) is 0 Å². The molecule has 0 aliphatic heterocycles. The number of benzene rings is 2. The van der Waals surface area contributed by atoms with Gasteiger partial charge in [0.1, 0.15) is 23.9 Å². The first kappa shape index (κ1) is 13.4. The summed E-state index contributed by atoms with van der Waals surface area (Å²) in [7, 11) is 0. The van der Waals surface area contributed by atoms with Gasteiger partial charge < -0.3 is 14.9 Å². The Morgan fingerprint density at radius 3 is 2.68 bits per heavy atom. The van der Waals surface area contributed by atoms with Crippen LogP contribution < -0.4 is 4.74 Å². The van der Waals surface area contributed by atoms with Crippen LogP contribution in [0.25, 0.3) is 0 Å². The van der Waals surface area contributed by atoms with Crippen molar-refractivity contribution in [3.8, 4) is 11.5 Å². The lowest BCUT2D eigenvalue weighted by atomic mass is 10.1. The zero-order valence-corrected chi connectivity index (χ0v) is 10.5. The Balaban J connectivity index is 2.15. The zero-order chi connectivity index (χ0) is 13.8. The first-order chi connectivity index (χ1) is 9.06. The van der Waals surface area contributed by atoms with E-state index in [4.69, 9.17) is 4.74 Å². The van der Waals surface area contributed by atoms with Crippen LogP contribution >= 0.6 is 0 Å². The monoisotopic (exact) mass is 262 g/mol. The number of phenols is 1. The maximum absolute atomic E-state index is 13.1. The minimum Gasteiger partial charge on any atom is -0.508 e. The van der Waals surface area contributed by atoms with Crippen LogP contribution in [0, 0.1) is 5.82 Å². The lowest BCUT2D eigenvalue weighted by Crippen LogP contribution is -2.01. The van der Waals surface area contributed by atoms with E-state index in [0.29, 0.717) is 11.3 Å².